The van der Waals surface area contributed by atoms with Gasteiger partial charge in [0.25, 0.3) is 0 Å². The molecule has 1 fully saturated rings. The number of nitrogens with zero attached hydrogens (tertiary/aromatic N) is 3. The lowest BCUT2D eigenvalue weighted by atomic mass is 9.84. The summed E-state index contributed by atoms with van der Waals surface area (Å²) < 4.78 is 0. The van der Waals surface area contributed by atoms with E-state index in [1.54, 1.807) is 0 Å². The van der Waals surface area contributed by atoms with Crippen LogP contribution in [0.1, 0.15) is 57.3 Å². The van der Waals surface area contributed by atoms with Crippen molar-refractivity contribution < 1.29 is 0 Å². The minimum absolute atomic E-state index is 0.621. The zero-order valence-corrected chi connectivity index (χ0v) is 14.2. The number of aromatic nitrogens is 2. The Labute approximate surface area is 129 Å². The SMILES string of the molecule is CCc1nc(NC)c(C)c(N(C)C2CCC(CC)CC2)n1. The molecule has 1 N–H and O–H groups in total. The van der Waals surface area contributed by atoms with E-state index in [1.165, 1.54) is 32.1 Å². The van der Waals surface area contributed by atoms with Gasteiger partial charge in [0.05, 0.1) is 0 Å². The third-order valence-electron chi connectivity index (χ3n) is 4.99. The predicted octanol–water partition coefficient (Wildman–Crippen LogP) is 3.79. The molecule has 0 amide bonds. The van der Waals surface area contributed by atoms with Crippen LogP contribution in [0.3, 0.4) is 0 Å². The Hall–Kier alpha value is -1.32. The van der Waals surface area contributed by atoms with Crippen LogP contribution in [-0.4, -0.2) is 30.1 Å². The van der Waals surface area contributed by atoms with Gasteiger partial charge in [-0.2, -0.15) is 0 Å². The second kappa shape index (κ2) is 7.10. The van der Waals surface area contributed by atoms with Crippen molar-refractivity contribution in [1.29, 1.82) is 0 Å². The summed E-state index contributed by atoms with van der Waals surface area (Å²) in [4.78, 5) is 11.8. The van der Waals surface area contributed by atoms with Crippen molar-refractivity contribution in [2.75, 3.05) is 24.3 Å². The third kappa shape index (κ3) is 3.47. The van der Waals surface area contributed by atoms with Crippen LogP contribution in [0, 0.1) is 12.8 Å². The van der Waals surface area contributed by atoms with Crippen LogP contribution in [0.2, 0.25) is 0 Å². The highest BCUT2D eigenvalue weighted by Gasteiger charge is 2.25. The molecule has 0 radical (unpaired) electrons. The molecule has 4 heteroatoms. The number of aryl methyl sites for hydroxylation is 1. The molecular formula is C17H30N4. The molecule has 1 saturated carbocycles. The Morgan fingerprint density at radius 3 is 2.33 bits per heavy atom. The van der Waals surface area contributed by atoms with Gasteiger partial charge >= 0.3 is 0 Å². The van der Waals surface area contributed by atoms with Crippen molar-refractivity contribution >= 4 is 11.6 Å². The summed E-state index contributed by atoms with van der Waals surface area (Å²) in [6, 6.07) is 0.621. The molecule has 1 heterocycles. The van der Waals surface area contributed by atoms with E-state index in [0.29, 0.717) is 6.04 Å². The molecule has 1 aromatic heterocycles. The summed E-state index contributed by atoms with van der Waals surface area (Å²) in [5.41, 5.74) is 1.16. The maximum Gasteiger partial charge on any atom is 0.137 e. The molecule has 0 aliphatic heterocycles. The zero-order valence-electron chi connectivity index (χ0n) is 14.2. The Balaban J connectivity index is 2.20. The number of hydrogen-bond acceptors (Lipinski definition) is 4. The Bertz CT molecular complexity index is 464. The molecule has 0 spiro atoms. The Morgan fingerprint density at radius 2 is 1.81 bits per heavy atom. The lowest BCUT2D eigenvalue weighted by Crippen LogP contribution is -2.36. The Kier molecular flexibility index (Phi) is 5.43. The maximum absolute atomic E-state index is 4.79. The van der Waals surface area contributed by atoms with Gasteiger partial charge in [0, 0.05) is 32.1 Å². The fourth-order valence-electron chi connectivity index (χ4n) is 3.41. The minimum Gasteiger partial charge on any atom is -0.373 e. The van der Waals surface area contributed by atoms with E-state index in [0.717, 1.165) is 35.4 Å². The topological polar surface area (TPSA) is 41.1 Å². The second-order valence-corrected chi connectivity index (χ2v) is 6.23. The third-order valence-corrected chi connectivity index (χ3v) is 4.99. The molecule has 0 atom stereocenters. The van der Waals surface area contributed by atoms with Crippen LogP contribution in [0.5, 0.6) is 0 Å². The number of hydrogen-bond donors (Lipinski definition) is 1. The first kappa shape index (κ1) is 16.1. The molecule has 4 nitrogen and oxygen atoms in total. The summed E-state index contributed by atoms with van der Waals surface area (Å²) in [7, 11) is 4.14. The number of anilines is 2. The smallest absolute Gasteiger partial charge is 0.137 e. The van der Waals surface area contributed by atoms with Crippen molar-refractivity contribution in [2.24, 2.45) is 5.92 Å². The first-order valence-corrected chi connectivity index (χ1v) is 8.38. The molecule has 21 heavy (non-hydrogen) atoms. The van der Waals surface area contributed by atoms with Crippen LogP contribution >= 0.6 is 0 Å². The highest BCUT2D eigenvalue weighted by Crippen LogP contribution is 2.32. The summed E-state index contributed by atoms with van der Waals surface area (Å²) in [6.45, 7) is 6.55. The van der Waals surface area contributed by atoms with Gasteiger partial charge in [0.15, 0.2) is 0 Å². The zero-order chi connectivity index (χ0) is 15.4. The summed E-state index contributed by atoms with van der Waals surface area (Å²) in [5, 5.41) is 3.21. The van der Waals surface area contributed by atoms with E-state index in [9.17, 15) is 0 Å². The van der Waals surface area contributed by atoms with Crippen molar-refractivity contribution in [3.05, 3.63) is 11.4 Å². The highest BCUT2D eigenvalue weighted by molar-refractivity contribution is 5.58. The number of nitrogens with one attached hydrogen (secondary N) is 1. The van der Waals surface area contributed by atoms with E-state index < -0.39 is 0 Å². The molecule has 2 rings (SSSR count). The second-order valence-electron chi connectivity index (χ2n) is 6.23. The van der Waals surface area contributed by atoms with Gasteiger partial charge in [-0.1, -0.05) is 20.3 Å². The quantitative estimate of drug-likeness (QED) is 0.895. The van der Waals surface area contributed by atoms with E-state index in [4.69, 9.17) is 4.98 Å². The molecule has 1 aliphatic rings. The van der Waals surface area contributed by atoms with Gasteiger partial charge in [-0.25, -0.2) is 9.97 Å². The monoisotopic (exact) mass is 290 g/mol. The fourth-order valence-corrected chi connectivity index (χ4v) is 3.41. The van der Waals surface area contributed by atoms with E-state index in [2.05, 4.69) is 43.0 Å². The van der Waals surface area contributed by atoms with Crippen LogP contribution in [0.15, 0.2) is 0 Å². The van der Waals surface area contributed by atoms with Gasteiger partial charge in [-0.3, -0.25) is 0 Å². The minimum atomic E-state index is 0.621. The van der Waals surface area contributed by atoms with Gasteiger partial charge in [0.1, 0.15) is 17.5 Å². The molecule has 1 aliphatic carbocycles. The van der Waals surface area contributed by atoms with Gasteiger partial charge < -0.3 is 10.2 Å². The summed E-state index contributed by atoms with van der Waals surface area (Å²) in [6.07, 6.45) is 7.49. The van der Waals surface area contributed by atoms with Crippen molar-refractivity contribution in [2.45, 2.75) is 65.3 Å². The molecule has 118 valence electrons. The lowest BCUT2D eigenvalue weighted by molar-refractivity contribution is 0.312. The van der Waals surface area contributed by atoms with Crippen molar-refractivity contribution in [3.8, 4) is 0 Å². The van der Waals surface area contributed by atoms with Crippen molar-refractivity contribution in [3.63, 3.8) is 0 Å². The molecule has 0 aromatic carbocycles. The van der Waals surface area contributed by atoms with Crippen LogP contribution < -0.4 is 10.2 Å². The van der Waals surface area contributed by atoms with Gasteiger partial charge in [-0.05, 0) is 38.5 Å². The molecular weight excluding hydrogens is 260 g/mol. The average molecular weight is 290 g/mol. The van der Waals surface area contributed by atoms with E-state index >= 15 is 0 Å². The Morgan fingerprint density at radius 1 is 1.14 bits per heavy atom. The molecule has 0 unspecified atom stereocenters. The van der Waals surface area contributed by atoms with Crippen LogP contribution in [-0.2, 0) is 6.42 Å². The molecule has 0 saturated heterocycles. The summed E-state index contributed by atoms with van der Waals surface area (Å²) in [5.74, 6) is 3.92. The standard InChI is InChI=1S/C17H30N4/c1-6-13-8-10-14(11-9-13)21(5)17-12(3)16(18-4)19-15(7-2)20-17/h13-14H,6-11H2,1-5H3,(H,18,19,20). The number of rotatable bonds is 5. The largest absolute Gasteiger partial charge is 0.373 e. The van der Waals surface area contributed by atoms with E-state index in [-0.39, 0.29) is 0 Å². The first-order valence-electron chi connectivity index (χ1n) is 8.38. The normalized spacial score (nSPS) is 22.1. The fraction of sp³-hybridized carbons (Fsp3) is 0.765. The first-order chi connectivity index (χ1) is 10.1. The van der Waals surface area contributed by atoms with Gasteiger partial charge in [-0.15, -0.1) is 0 Å². The van der Waals surface area contributed by atoms with Crippen molar-refractivity contribution in [1.82, 2.24) is 9.97 Å². The summed E-state index contributed by atoms with van der Waals surface area (Å²) >= 11 is 0. The maximum atomic E-state index is 4.79. The van der Waals surface area contributed by atoms with Crippen LogP contribution in [0.25, 0.3) is 0 Å². The predicted molar refractivity (Wildman–Crippen MR) is 90.1 cm³/mol. The average Bonchev–Trinajstić information content (AvgIpc) is 2.54. The molecule has 0 bridgehead atoms. The molecule has 1 aromatic rings. The van der Waals surface area contributed by atoms with Crippen LogP contribution in [0.4, 0.5) is 11.6 Å². The van der Waals surface area contributed by atoms with E-state index in [1.807, 2.05) is 7.05 Å². The highest BCUT2D eigenvalue weighted by atomic mass is 15.2. The van der Waals surface area contributed by atoms with Gasteiger partial charge in [0.2, 0.25) is 0 Å². The lowest BCUT2D eigenvalue weighted by Gasteiger charge is -2.36.